The molecule has 1 spiro atoms. The number of amides is 1. The Hall–Kier alpha value is -2.86. The van der Waals surface area contributed by atoms with Crippen LogP contribution in [0, 0.1) is 16.7 Å². The molecule has 0 aromatic heterocycles. The second-order valence-corrected chi connectivity index (χ2v) is 7.36. The van der Waals surface area contributed by atoms with Crippen LogP contribution in [0.2, 0.25) is 0 Å². The third-order valence-corrected chi connectivity index (χ3v) is 5.79. The van der Waals surface area contributed by atoms with E-state index in [9.17, 15) is 10.1 Å². The molecule has 0 saturated heterocycles. The predicted octanol–water partition coefficient (Wildman–Crippen LogP) is 4.86. The van der Waals surface area contributed by atoms with Gasteiger partial charge in [0, 0.05) is 16.5 Å². The maximum Gasteiger partial charge on any atom is 0.255 e. The Balaban J connectivity index is 1.81. The average Bonchev–Trinajstić information content (AvgIpc) is 2.69. The van der Waals surface area contributed by atoms with Gasteiger partial charge in [0.15, 0.2) is 0 Å². The minimum atomic E-state index is -0.156. The van der Waals surface area contributed by atoms with E-state index >= 15 is 0 Å². The molecule has 2 aliphatic carbocycles. The first-order valence-corrected chi connectivity index (χ1v) is 9.33. The van der Waals surface area contributed by atoms with Gasteiger partial charge < -0.3 is 5.32 Å². The van der Waals surface area contributed by atoms with Crippen molar-refractivity contribution in [3.05, 3.63) is 76.9 Å². The van der Waals surface area contributed by atoms with Gasteiger partial charge in [-0.1, -0.05) is 61.7 Å². The molecule has 2 aromatic carbocycles. The summed E-state index contributed by atoms with van der Waals surface area (Å²) < 4.78 is 0. The summed E-state index contributed by atoms with van der Waals surface area (Å²) in [5.74, 6) is -0.156. The van der Waals surface area contributed by atoms with Crippen LogP contribution in [-0.2, 0) is 6.42 Å². The molecule has 0 heterocycles. The summed E-state index contributed by atoms with van der Waals surface area (Å²) in [5, 5.41) is 13.1. The quantitative estimate of drug-likeness (QED) is 0.847. The van der Waals surface area contributed by atoms with Crippen molar-refractivity contribution in [1.29, 1.82) is 5.26 Å². The Morgan fingerprint density at radius 2 is 1.65 bits per heavy atom. The van der Waals surface area contributed by atoms with E-state index in [0.29, 0.717) is 11.3 Å². The summed E-state index contributed by atoms with van der Waals surface area (Å²) in [6.07, 6.45) is 6.47. The Kier molecular flexibility index (Phi) is 4.34. The van der Waals surface area contributed by atoms with Crippen LogP contribution in [0.15, 0.2) is 60.2 Å². The van der Waals surface area contributed by atoms with Crippen LogP contribution in [-0.4, -0.2) is 5.91 Å². The van der Waals surface area contributed by atoms with Gasteiger partial charge in [-0.2, -0.15) is 5.26 Å². The zero-order valence-electron chi connectivity index (χ0n) is 14.8. The molecule has 2 aliphatic rings. The van der Waals surface area contributed by atoms with Crippen molar-refractivity contribution in [2.45, 2.75) is 38.5 Å². The molecule has 0 aliphatic heterocycles. The molecule has 1 fully saturated rings. The first-order chi connectivity index (χ1) is 12.7. The summed E-state index contributed by atoms with van der Waals surface area (Å²) in [5.41, 5.74) is 4.19. The molecule has 1 N–H and O–H groups in total. The molecule has 4 rings (SSSR count). The number of hydrogen-bond donors (Lipinski definition) is 1. The normalized spacial score (nSPS) is 18.1. The van der Waals surface area contributed by atoms with E-state index in [-0.39, 0.29) is 11.3 Å². The Morgan fingerprint density at radius 1 is 0.962 bits per heavy atom. The van der Waals surface area contributed by atoms with Crippen LogP contribution < -0.4 is 5.32 Å². The minimum Gasteiger partial charge on any atom is -0.321 e. The molecular weight excluding hydrogens is 320 g/mol. The lowest BCUT2D eigenvalue weighted by molar-refractivity contribution is 0.0972. The molecule has 26 heavy (non-hydrogen) atoms. The Morgan fingerprint density at radius 3 is 2.38 bits per heavy atom. The largest absolute Gasteiger partial charge is 0.321 e. The Labute approximate surface area is 154 Å². The summed E-state index contributed by atoms with van der Waals surface area (Å²) in [6, 6.07) is 19.8. The number of nitrogens with one attached hydrogen (secondary N) is 1. The van der Waals surface area contributed by atoms with Crippen molar-refractivity contribution in [1.82, 2.24) is 5.32 Å². The monoisotopic (exact) mass is 342 g/mol. The fraction of sp³-hybridized carbons (Fsp3) is 0.304. The Bertz CT molecular complexity index is 899. The first-order valence-electron chi connectivity index (χ1n) is 9.33. The summed E-state index contributed by atoms with van der Waals surface area (Å²) >= 11 is 0. The zero-order valence-corrected chi connectivity index (χ0v) is 14.8. The maximum absolute atomic E-state index is 12.8. The van der Waals surface area contributed by atoms with Gasteiger partial charge in [0.1, 0.15) is 0 Å². The number of benzene rings is 2. The smallest absolute Gasteiger partial charge is 0.255 e. The number of nitriles is 1. The van der Waals surface area contributed by atoms with E-state index in [0.717, 1.165) is 43.2 Å². The van der Waals surface area contributed by atoms with E-state index in [4.69, 9.17) is 0 Å². The van der Waals surface area contributed by atoms with E-state index < -0.39 is 0 Å². The lowest BCUT2D eigenvalue weighted by Gasteiger charge is -2.41. The highest BCUT2D eigenvalue weighted by atomic mass is 16.1. The third-order valence-electron chi connectivity index (χ3n) is 5.79. The molecule has 1 amide bonds. The van der Waals surface area contributed by atoms with Gasteiger partial charge in [0.2, 0.25) is 0 Å². The predicted molar refractivity (Wildman–Crippen MR) is 102 cm³/mol. The van der Waals surface area contributed by atoms with Gasteiger partial charge in [-0.05, 0) is 37.0 Å². The van der Waals surface area contributed by atoms with Crippen LogP contribution in [0.1, 0.15) is 53.6 Å². The lowest BCUT2D eigenvalue weighted by Crippen LogP contribution is -2.36. The van der Waals surface area contributed by atoms with Crippen LogP contribution in [0.4, 0.5) is 0 Å². The van der Waals surface area contributed by atoms with Gasteiger partial charge in [-0.15, -0.1) is 0 Å². The number of carbonyl (C=O) groups is 1. The van der Waals surface area contributed by atoms with Crippen LogP contribution >= 0.6 is 0 Å². The number of rotatable bonds is 2. The first kappa shape index (κ1) is 16.6. The molecule has 0 bridgehead atoms. The number of carbonyl (C=O) groups excluding carboxylic acids is 1. The highest BCUT2D eigenvalue weighted by Crippen LogP contribution is 2.50. The zero-order chi connectivity index (χ0) is 18.0. The van der Waals surface area contributed by atoms with Crippen molar-refractivity contribution < 1.29 is 4.79 Å². The minimum absolute atomic E-state index is 0.124. The number of allylic oxidation sites excluding steroid dienone is 1. The molecule has 0 unspecified atom stereocenters. The molecular formula is C23H22N2O. The van der Waals surface area contributed by atoms with Gasteiger partial charge in [-0.3, -0.25) is 4.79 Å². The second kappa shape index (κ2) is 6.80. The van der Waals surface area contributed by atoms with E-state index in [1.54, 1.807) is 12.1 Å². The molecule has 3 nitrogen and oxygen atoms in total. The van der Waals surface area contributed by atoms with Gasteiger partial charge in [0.05, 0.1) is 17.3 Å². The van der Waals surface area contributed by atoms with Crippen molar-refractivity contribution in [3.8, 4) is 6.07 Å². The lowest BCUT2D eigenvalue weighted by atomic mass is 9.62. The van der Waals surface area contributed by atoms with Crippen LogP contribution in [0.3, 0.4) is 0 Å². The molecule has 3 heteroatoms. The topological polar surface area (TPSA) is 52.9 Å². The molecule has 130 valence electrons. The second-order valence-electron chi connectivity index (χ2n) is 7.36. The molecule has 2 aromatic rings. The van der Waals surface area contributed by atoms with Crippen LogP contribution in [0.25, 0.3) is 5.70 Å². The fourth-order valence-electron chi connectivity index (χ4n) is 4.51. The van der Waals surface area contributed by atoms with Gasteiger partial charge >= 0.3 is 0 Å². The van der Waals surface area contributed by atoms with Crippen molar-refractivity contribution in [2.75, 3.05) is 0 Å². The molecule has 0 radical (unpaired) electrons. The van der Waals surface area contributed by atoms with Gasteiger partial charge in [-0.25, -0.2) is 0 Å². The summed E-state index contributed by atoms with van der Waals surface area (Å²) in [6.45, 7) is 0. The highest BCUT2D eigenvalue weighted by Gasteiger charge is 2.42. The number of hydrogen-bond acceptors (Lipinski definition) is 2. The standard InChI is InChI=1S/C23H22N2O/c24-16-20-21(25-22(26)17-9-3-1-4-10-17)19-12-6-5-11-18(19)15-23(20)13-7-2-8-14-23/h1,3-6,9-12H,2,7-8,13-15H2,(H,25,26). The van der Waals surface area contributed by atoms with E-state index in [1.807, 2.05) is 36.4 Å². The number of nitrogens with zero attached hydrogens (tertiary/aromatic N) is 1. The van der Waals surface area contributed by atoms with E-state index in [1.165, 1.54) is 12.0 Å². The maximum atomic E-state index is 12.8. The highest BCUT2D eigenvalue weighted by molar-refractivity contribution is 6.01. The van der Waals surface area contributed by atoms with Gasteiger partial charge in [0.25, 0.3) is 5.91 Å². The third kappa shape index (κ3) is 2.82. The summed E-state index contributed by atoms with van der Waals surface area (Å²) in [4.78, 5) is 12.8. The molecule has 1 saturated carbocycles. The average molecular weight is 342 g/mol. The van der Waals surface area contributed by atoms with Crippen LogP contribution in [0.5, 0.6) is 0 Å². The SMILES string of the molecule is N#CC1=C(NC(=O)c2ccccc2)c2ccccc2CC12CCCCC2. The fourth-order valence-corrected chi connectivity index (χ4v) is 4.51. The van der Waals surface area contributed by atoms with Crippen molar-refractivity contribution in [3.63, 3.8) is 0 Å². The van der Waals surface area contributed by atoms with E-state index in [2.05, 4.69) is 17.5 Å². The van der Waals surface area contributed by atoms with Crippen molar-refractivity contribution >= 4 is 11.6 Å². The van der Waals surface area contributed by atoms with Crippen molar-refractivity contribution in [2.24, 2.45) is 5.41 Å². The molecule has 0 atom stereocenters. The number of fused-ring (bicyclic) bond motifs is 1. The summed E-state index contributed by atoms with van der Waals surface area (Å²) in [7, 11) is 0.